The lowest BCUT2D eigenvalue weighted by molar-refractivity contribution is -0.149. The van der Waals surface area contributed by atoms with Crippen LogP contribution in [0.15, 0.2) is 0 Å². The Kier molecular flexibility index (Phi) is 5.29. The molecule has 0 saturated carbocycles. The molecule has 0 bridgehead atoms. The fourth-order valence-electron chi connectivity index (χ4n) is 1.42. The molecule has 0 saturated heterocycles. The summed E-state index contributed by atoms with van der Waals surface area (Å²) in [6, 6.07) is -0.532. The third-order valence-electron chi connectivity index (χ3n) is 3.19. The van der Waals surface area contributed by atoms with E-state index in [1.165, 1.54) is 0 Å². The lowest BCUT2D eigenvalue weighted by atomic mass is 9.75. The van der Waals surface area contributed by atoms with Crippen molar-refractivity contribution in [2.45, 2.75) is 47.6 Å². The average molecular weight is 215 g/mol. The Labute approximate surface area is 93.4 Å². The van der Waals surface area contributed by atoms with Gasteiger partial charge >= 0.3 is 5.97 Å². The first-order valence-electron chi connectivity index (χ1n) is 5.60. The van der Waals surface area contributed by atoms with E-state index in [1.807, 2.05) is 0 Å². The molecule has 0 aliphatic heterocycles. The number of carbonyl (C=O) groups is 1. The molecule has 0 heterocycles. The molecule has 2 N–H and O–H groups in total. The highest BCUT2D eigenvalue weighted by Gasteiger charge is 2.29. The van der Waals surface area contributed by atoms with Gasteiger partial charge < -0.3 is 10.5 Å². The van der Waals surface area contributed by atoms with Crippen molar-refractivity contribution in [1.82, 2.24) is 0 Å². The van der Waals surface area contributed by atoms with Crippen LogP contribution in [0.2, 0.25) is 0 Å². The Hall–Kier alpha value is -0.570. The van der Waals surface area contributed by atoms with Gasteiger partial charge in [0.1, 0.15) is 6.04 Å². The van der Waals surface area contributed by atoms with Crippen LogP contribution in [0.25, 0.3) is 0 Å². The van der Waals surface area contributed by atoms with Crippen molar-refractivity contribution in [2.75, 3.05) is 6.61 Å². The van der Waals surface area contributed by atoms with E-state index in [4.69, 9.17) is 10.5 Å². The molecule has 3 heteroatoms. The third-order valence-corrected chi connectivity index (χ3v) is 3.19. The van der Waals surface area contributed by atoms with E-state index in [1.54, 1.807) is 6.92 Å². The molecule has 0 aromatic heterocycles. The number of nitrogens with two attached hydrogens (primary N) is 1. The minimum atomic E-state index is -0.532. The summed E-state index contributed by atoms with van der Waals surface area (Å²) >= 11 is 0. The number of hydrogen-bond donors (Lipinski definition) is 1. The largest absolute Gasteiger partial charge is 0.464 e. The Morgan fingerprint density at radius 3 is 2.07 bits per heavy atom. The van der Waals surface area contributed by atoms with E-state index >= 15 is 0 Å². The predicted octanol–water partition coefficient (Wildman–Crippen LogP) is 2.20. The summed E-state index contributed by atoms with van der Waals surface area (Å²) < 4.78 is 5.18. The molecule has 0 spiro atoms. The van der Waals surface area contributed by atoms with Crippen LogP contribution in [0.4, 0.5) is 0 Å². The van der Waals surface area contributed by atoms with E-state index in [2.05, 4.69) is 34.6 Å². The first kappa shape index (κ1) is 14.4. The molecule has 0 fully saturated rings. The van der Waals surface area contributed by atoms with Crippen LogP contribution in [-0.2, 0) is 9.53 Å². The molecule has 0 aliphatic rings. The van der Waals surface area contributed by atoms with Gasteiger partial charge in [-0.25, -0.2) is 0 Å². The molecule has 2 atom stereocenters. The molecule has 0 aliphatic carbocycles. The van der Waals surface area contributed by atoms with Gasteiger partial charge in [0, 0.05) is 5.41 Å². The Morgan fingerprint density at radius 1 is 1.27 bits per heavy atom. The number of ether oxygens (including phenoxy) is 1. The van der Waals surface area contributed by atoms with Gasteiger partial charge in [0.2, 0.25) is 0 Å². The van der Waals surface area contributed by atoms with Crippen LogP contribution < -0.4 is 5.73 Å². The lowest BCUT2D eigenvalue weighted by Gasteiger charge is -2.34. The second-order valence-corrected chi connectivity index (χ2v) is 5.42. The summed E-state index contributed by atoms with van der Waals surface area (Å²) in [6.07, 6.45) is 0. The highest BCUT2D eigenvalue weighted by molar-refractivity contribution is 5.74. The van der Waals surface area contributed by atoms with Crippen LogP contribution in [0.5, 0.6) is 0 Å². The zero-order valence-electron chi connectivity index (χ0n) is 10.8. The van der Waals surface area contributed by atoms with Crippen molar-refractivity contribution >= 4 is 5.97 Å². The summed E-state index contributed by atoms with van der Waals surface area (Å²) in [7, 11) is 0. The molecule has 0 amide bonds. The van der Waals surface area contributed by atoms with Crippen LogP contribution in [0.1, 0.15) is 41.5 Å². The monoisotopic (exact) mass is 215 g/mol. The zero-order chi connectivity index (χ0) is 12.2. The molecule has 3 nitrogen and oxygen atoms in total. The fraction of sp³-hybridized carbons (Fsp3) is 0.917. The second-order valence-electron chi connectivity index (χ2n) is 5.42. The summed E-state index contributed by atoms with van der Waals surface area (Å²) in [5.41, 5.74) is 5.43. The summed E-state index contributed by atoms with van der Waals surface area (Å²) in [5.74, 6) is 0.756. The quantitative estimate of drug-likeness (QED) is 0.715. The molecule has 0 aromatic rings. The molecule has 1 unspecified atom stereocenters. The number of carbonyl (C=O) groups excluding carboxylic acids is 1. The number of esters is 1. The van der Waals surface area contributed by atoms with Crippen LogP contribution in [0.3, 0.4) is 0 Å². The summed E-state index contributed by atoms with van der Waals surface area (Å²) in [5, 5.41) is 0. The molecule has 90 valence electrons. The van der Waals surface area contributed by atoms with Crippen molar-refractivity contribution in [2.24, 2.45) is 23.0 Å². The highest BCUT2D eigenvalue weighted by atomic mass is 16.5. The maximum Gasteiger partial charge on any atom is 0.322 e. The molecular formula is C12H25NO2. The lowest BCUT2D eigenvalue weighted by Crippen LogP contribution is -2.35. The smallest absolute Gasteiger partial charge is 0.322 e. The average Bonchev–Trinajstić information content (AvgIpc) is 2.12. The topological polar surface area (TPSA) is 52.3 Å². The minimum absolute atomic E-state index is 0.00127. The van der Waals surface area contributed by atoms with E-state index in [0.717, 1.165) is 0 Å². The normalized spacial score (nSPS) is 16.3. The molecule has 0 radical (unpaired) electrons. The number of rotatable bonds is 5. The second kappa shape index (κ2) is 5.50. The molecule has 0 aromatic carbocycles. The first-order valence-corrected chi connectivity index (χ1v) is 5.60. The van der Waals surface area contributed by atoms with Crippen LogP contribution in [-0.4, -0.2) is 18.6 Å². The van der Waals surface area contributed by atoms with Crippen molar-refractivity contribution in [3.05, 3.63) is 0 Å². The van der Waals surface area contributed by atoms with Gasteiger partial charge in [0.25, 0.3) is 0 Å². The van der Waals surface area contributed by atoms with E-state index in [-0.39, 0.29) is 11.4 Å². The van der Waals surface area contributed by atoms with Crippen molar-refractivity contribution in [1.29, 1.82) is 0 Å². The molecule has 0 rings (SSSR count). The maximum absolute atomic E-state index is 11.2. The Morgan fingerprint density at radius 2 is 1.73 bits per heavy atom. The molecular weight excluding hydrogens is 190 g/mol. The standard InChI is InChI=1S/C12H25NO2/c1-8(2)9(3)12(5,6)7-15-11(14)10(4)13/h8-10H,7,13H2,1-6H3/t9?,10-/m0/s1. The van der Waals surface area contributed by atoms with Crippen LogP contribution >= 0.6 is 0 Å². The van der Waals surface area contributed by atoms with Gasteiger partial charge in [-0.1, -0.05) is 34.6 Å². The van der Waals surface area contributed by atoms with Crippen LogP contribution in [0, 0.1) is 17.3 Å². The van der Waals surface area contributed by atoms with Gasteiger partial charge in [-0.3, -0.25) is 4.79 Å². The van der Waals surface area contributed by atoms with Gasteiger partial charge in [-0.05, 0) is 18.8 Å². The van der Waals surface area contributed by atoms with Gasteiger partial charge in [-0.2, -0.15) is 0 Å². The van der Waals surface area contributed by atoms with E-state index in [0.29, 0.717) is 18.4 Å². The van der Waals surface area contributed by atoms with Gasteiger partial charge in [0.15, 0.2) is 0 Å². The SMILES string of the molecule is CC(C)C(C)C(C)(C)COC(=O)[C@H](C)N. The fourth-order valence-corrected chi connectivity index (χ4v) is 1.42. The van der Waals surface area contributed by atoms with Crippen molar-refractivity contribution in [3.63, 3.8) is 0 Å². The maximum atomic E-state index is 11.2. The highest BCUT2D eigenvalue weighted by Crippen LogP contribution is 2.32. The zero-order valence-corrected chi connectivity index (χ0v) is 10.8. The first-order chi connectivity index (χ1) is 6.68. The minimum Gasteiger partial charge on any atom is -0.464 e. The summed E-state index contributed by atoms with van der Waals surface area (Å²) in [6.45, 7) is 12.9. The Balaban J connectivity index is 4.21. The van der Waals surface area contributed by atoms with E-state index in [9.17, 15) is 4.79 Å². The van der Waals surface area contributed by atoms with Crippen molar-refractivity contribution < 1.29 is 9.53 Å². The third kappa shape index (κ3) is 4.65. The van der Waals surface area contributed by atoms with Gasteiger partial charge in [-0.15, -0.1) is 0 Å². The summed E-state index contributed by atoms with van der Waals surface area (Å²) in [4.78, 5) is 11.2. The van der Waals surface area contributed by atoms with Gasteiger partial charge in [0.05, 0.1) is 6.61 Å². The Bertz CT molecular complexity index is 210. The number of hydrogen-bond acceptors (Lipinski definition) is 3. The van der Waals surface area contributed by atoms with E-state index < -0.39 is 6.04 Å². The van der Waals surface area contributed by atoms with Crippen molar-refractivity contribution in [3.8, 4) is 0 Å². The predicted molar refractivity (Wildman–Crippen MR) is 62.4 cm³/mol. The molecule has 15 heavy (non-hydrogen) atoms.